The van der Waals surface area contributed by atoms with Gasteiger partial charge < -0.3 is 10.6 Å². The maximum atomic E-state index is 12.7. The van der Waals surface area contributed by atoms with Crippen molar-refractivity contribution in [1.29, 1.82) is 0 Å². The third-order valence-electron chi connectivity index (χ3n) is 4.14. The fraction of sp³-hybridized carbons (Fsp3) is 0.0476. The molecule has 0 atom stereocenters. The topological polar surface area (TPSA) is 101 Å². The first-order valence-corrected chi connectivity index (χ1v) is 8.95. The van der Waals surface area contributed by atoms with Crippen LogP contribution in [0.3, 0.4) is 0 Å². The van der Waals surface area contributed by atoms with Gasteiger partial charge in [-0.1, -0.05) is 41.4 Å². The average molecular weight is 410 g/mol. The fourth-order valence-corrected chi connectivity index (χ4v) is 2.88. The standard InChI is InChI=1S/C21H16ClN3O4/c1-13-6-8-14(9-7-13)23-21(27)17-4-2-3-5-19(17)24-20(26)16-11-10-15(25(28)29)12-18(16)22/h2-12H,1H3,(H,23,27)(H,24,26). The van der Waals surface area contributed by atoms with Crippen LogP contribution in [0.25, 0.3) is 0 Å². The van der Waals surface area contributed by atoms with Crippen LogP contribution in [0.2, 0.25) is 5.02 Å². The normalized spacial score (nSPS) is 10.3. The minimum absolute atomic E-state index is 0.0571. The number of halogens is 1. The van der Waals surface area contributed by atoms with Crippen LogP contribution < -0.4 is 10.6 Å². The second kappa shape index (κ2) is 8.53. The largest absolute Gasteiger partial charge is 0.322 e. The van der Waals surface area contributed by atoms with Crippen LogP contribution >= 0.6 is 11.6 Å². The van der Waals surface area contributed by atoms with Crippen molar-refractivity contribution in [2.45, 2.75) is 6.92 Å². The minimum Gasteiger partial charge on any atom is -0.322 e. The molecular weight excluding hydrogens is 394 g/mol. The van der Waals surface area contributed by atoms with Crippen molar-refractivity contribution in [1.82, 2.24) is 0 Å². The van der Waals surface area contributed by atoms with Gasteiger partial charge in [0, 0.05) is 17.8 Å². The number of nitro benzene ring substituents is 1. The second-order valence-corrected chi connectivity index (χ2v) is 6.65. The maximum absolute atomic E-state index is 12.7. The highest BCUT2D eigenvalue weighted by atomic mass is 35.5. The summed E-state index contributed by atoms with van der Waals surface area (Å²) in [5, 5.41) is 16.2. The molecule has 0 heterocycles. The van der Waals surface area contributed by atoms with Crippen molar-refractivity contribution >= 4 is 40.5 Å². The molecule has 0 fully saturated rings. The van der Waals surface area contributed by atoms with Crippen molar-refractivity contribution in [3.8, 4) is 0 Å². The predicted molar refractivity (Wildman–Crippen MR) is 112 cm³/mol. The molecule has 3 aromatic rings. The highest BCUT2D eigenvalue weighted by Crippen LogP contribution is 2.24. The summed E-state index contributed by atoms with van der Waals surface area (Å²) in [5.41, 5.74) is 2.09. The lowest BCUT2D eigenvalue weighted by Crippen LogP contribution is -2.18. The van der Waals surface area contributed by atoms with Gasteiger partial charge in [-0.2, -0.15) is 0 Å². The molecule has 7 nitrogen and oxygen atoms in total. The Kier molecular flexibility index (Phi) is 5.90. The molecule has 8 heteroatoms. The van der Waals surface area contributed by atoms with Gasteiger partial charge in [-0.15, -0.1) is 0 Å². The molecule has 0 aliphatic carbocycles. The van der Waals surface area contributed by atoms with Crippen LogP contribution in [-0.2, 0) is 0 Å². The third kappa shape index (κ3) is 4.77. The van der Waals surface area contributed by atoms with Gasteiger partial charge in [-0.25, -0.2) is 0 Å². The van der Waals surface area contributed by atoms with Crippen LogP contribution in [0.5, 0.6) is 0 Å². The first-order chi connectivity index (χ1) is 13.8. The molecule has 0 saturated carbocycles. The Morgan fingerprint density at radius 3 is 2.21 bits per heavy atom. The number of benzene rings is 3. The number of aryl methyl sites for hydroxylation is 1. The van der Waals surface area contributed by atoms with Gasteiger partial charge in [0.05, 0.1) is 26.8 Å². The Morgan fingerprint density at radius 1 is 0.897 bits per heavy atom. The van der Waals surface area contributed by atoms with Gasteiger partial charge in [0.2, 0.25) is 0 Å². The summed E-state index contributed by atoms with van der Waals surface area (Å²) in [5.74, 6) is -0.972. The van der Waals surface area contributed by atoms with E-state index < -0.39 is 10.8 Å². The quantitative estimate of drug-likeness (QED) is 0.454. The number of para-hydroxylation sites is 1. The molecule has 0 aliphatic rings. The Morgan fingerprint density at radius 2 is 1.55 bits per heavy atom. The fourth-order valence-electron chi connectivity index (χ4n) is 2.62. The lowest BCUT2D eigenvalue weighted by molar-refractivity contribution is -0.384. The zero-order valence-electron chi connectivity index (χ0n) is 15.3. The zero-order chi connectivity index (χ0) is 21.0. The van der Waals surface area contributed by atoms with Crippen LogP contribution in [0.4, 0.5) is 17.1 Å². The maximum Gasteiger partial charge on any atom is 0.270 e. The van der Waals surface area contributed by atoms with Gasteiger partial charge >= 0.3 is 0 Å². The van der Waals surface area contributed by atoms with Crippen LogP contribution in [-0.4, -0.2) is 16.7 Å². The van der Waals surface area contributed by atoms with E-state index >= 15 is 0 Å². The van der Waals surface area contributed by atoms with Crippen LogP contribution in [0, 0.1) is 17.0 Å². The van der Waals surface area contributed by atoms with E-state index in [0.717, 1.165) is 11.6 Å². The molecule has 0 unspecified atom stereocenters. The van der Waals surface area contributed by atoms with Gasteiger partial charge in [0.25, 0.3) is 17.5 Å². The first-order valence-electron chi connectivity index (χ1n) is 8.57. The summed E-state index contributed by atoms with van der Waals surface area (Å²) in [6.45, 7) is 1.94. The number of hydrogen-bond donors (Lipinski definition) is 2. The summed E-state index contributed by atoms with van der Waals surface area (Å²) < 4.78 is 0. The number of anilines is 2. The summed E-state index contributed by atoms with van der Waals surface area (Å²) in [4.78, 5) is 35.5. The van der Waals surface area contributed by atoms with Crippen molar-refractivity contribution in [3.63, 3.8) is 0 Å². The molecule has 0 radical (unpaired) electrons. The highest BCUT2D eigenvalue weighted by Gasteiger charge is 2.18. The summed E-state index contributed by atoms with van der Waals surface area (Å²) >= 11 is 6.01. The first kappa shape index (κ1) is 20.0. The lowest BCUT2D eigenvalue weighted by atomic mass is 10.1. The van der Waals surface area contributed by atoms with E-state index in [1.54, 1.807) is 36.4 Å². The smallest absolute Gasteiger partial charge is 0.270 e. The van der Waals surface area contributed by atoms with Crippen molar-refractivity contribution in [3.05, 3.63) is 98.6 Å². The molecule has 146 valence electrons. The summed E-state index contributed by atoms with van der Waals surface area (Å²) in [6, 6.07) is 17.4. The molecule has 0 aliphatic heterocycles. The van der Waals surface area contributed by atoms with Gasteiger partial charge in [0.15, 0.2) is 0 Å². The number of nitrogens with one attached hydrogen (secondary N) is 2. The number of hydrogen-bond acceptors (Lipinski definition) is 4. The Balaban J connectivity index is 1.81. The molecule has 0 bridgehead atoms. The highest BCUT2D eigenvalue weighted by molar-refractivity contribution is 6.34. The van der Waals surface area contributed by atoms with Gasteiger partial charge in [-0.3, -0.25) is 19.7 Å². The van der Waals surface area contributed by atoms with Crippen LogP contribution in [0.1, 0.15) is 26.3 Å². The van der Waals surface area contributed by atoms with Gasteiger partial charge in [0.1, 0.15) is 0 Å². The molecule has 0 aromatic heterocycles. The van der Waals surface area contributed by atoms with Crippen molar-refractivity contribution in [2.24, 2.45) is 0 Å². The molecular formula is C21H16ClN3O4. The Labute approximate surface area is 171 Å². The molecule has 0 saturated heterocycles. The minimum atomic E-state index is -0.599. The van der Waals surface area contributed by atoms with Gasteiger partial charge in [-0.05, 0) is 37.3 Å². The Bertz CT molecular complexity index is 1100. The van der Waals surface area contributed by atoms with E-state index in [9.17, 15) is 19.7 Å². The number of nitrogens with zero attached hydrogens (tertiary/aromatic N) is 1. The number of non-ortho nitro benzene ring substituents is 1. The number of nitro groups is 1. The lowest BCUT2D eigenvalue weighted by Gasteiger charge is -2.12. The van der Waals surface area contributed by atoms with E-state index in [1.807, 2.05) is 19.1 Å². The molecule has 3 rings (SSSR count). The number of rotatable bonds is 5. The number of carbonyl (C=O) groups is 2. The molecule has 29 heavy (non-hydrogen) atoms. The summed E-state index contributed by atoms with van der Waals surface area (Å²) in [6.07, 6.45) is 0. The SMILES string of the molecule is Cc1ccc(NC(=O)c2ccccc2NC(=O)c2ccc([N+](=O)[O-])cc2Cl)cc1. The monoisotopic (exact) mass is 409 g/mol. The van der Waals surface area contributed by atoms with E-state index in [2.05, 4.69) is 10.6 Å². The molecule has 3 aromatic carbocycles. The predicted octanol–water partition coefficient (Wildman–Crippen LogP) is 5.06. The van der Waals surface area contributed by atoms with E-state index in [-0.39, 0.29) is 33.4 Å². The van der Waals surface area contributed by atoms with E-state index in [1.165, 1.54) is 12.1 Å². The zero-order valence-corrected chi connectivity index (χ0v) is 16.1. The van der Waals surface area contributed by atoms with E-state index in [0.29, 0.717) is 5.69 Å². The van der Waals surface area contributed by atoms with Crippen LogP contribution in [0.15, 0.2) is 66.7 Å². The Hall–Kier alpha value is -3.71. The van der Waals surface area contributed by atoms with Crippen molar-refractivity contribution < 1.29 is 14.5 Å². The number of amides is 2. The molecule has 0 spiro atoms. The van der Waals surface area contributed by atoms with E-state index in [4.69, 9.17) is 11.6 Å². The van der Waals surface area contributed by atoms with Crippen molar-refractivity contribution in [2.75, 3.05) is 10.6 Å². The second-order valence-electron chi connectivity index (χ2n) is 6.24. The molecule has 2 amide bonds. The third-order valence-corrected chi connectivity index (χ3v) is 4.45. The number of carbonyl (C=O) groups excluding carboxylic acids is 2. The molecule has 2 N–H and O–H groups in total. The summed E-state index contributed by atoms with van der Waals surface area (Å²) in [7, 11) is 0. The average Bonchev–Trinajstić information content (AvgIpc) is 2.69.